The zero-order valence-corrected chi connectivity index (χ0v) is 15.9. The summed E-state index contributed by atoms with van der Waals surface area (Å²) in [7, 11) is -3.31. The van der Waals surface area contributed by atoms with Crippen molar-refractivity contribution >= 4 is 21.6 Å². The second-order valence-corrected chi connectivity index (χ2v) is 8.32. The van der Waals surface area contributed by atoms with Crippen molar-refractivity contribution in [1.29, 1.82) is 0 Å². The lowest BCUT2D eigenvalue weighted by atomic mass is 10.0. The maximum Gasteiger partial charge on any atom is 0.254 e. The molecule has 7 heteroatoms. The standard InChI is InChI=1S/C18H29N3O3S/c1-3-13-21(17-9-11-19-12-10-17)18(22)15-5-7-16(8-6-15)20-25(23,24)14-4-2/h5-8,17,19-20H,3-4,9-14H2,1-2H3. The predicted molar refractivity (Wildman–Crippen MR) is 101 cm³/mol. The molecule has 0 spiro atoms. The summed E-state index contributed by atoms with van der Waals surface area (Å²) in [5.74, 6) is 0.116. The fraction of sp³-hybridized carbons (Fsp3) is 0.611. The minimum atomic E-state index is -3.31. The summed E-state index contributed by atoms with van der Waals surface area (Å²) in [6.45, 7) is 6.53. The number of nitrogens with zero attached hydrogens (tertiary/aromatic N) is 1. The smallest absolute Gasteiger partial charge is 0.254 e. The minimum absolute atomic E-state index is 0.0247. The molecule has 0 radical (unpaired) electrons. The zero-order valence-electron chi connectivity index (χ0n) is 15.1. The van der Waals surface area contributed by atoms with E-state index in [2.05, 4.69) is 17.0 Å². The summed E-state index contributed by atoms with van der Waals surface area (Å²) in [4.78, 5) is 14.9. The number of carbonyl (C=O) groups excluding carboxylic acids is 1. The summed E-state index contributed by atoms with van der Waals surface area (Å²) in [6.07, 6.45) is 3.43. The van der Waals surface area contributed by atoms with Crippen LogP contribution >= 0.6 is 0 Å². The van der Waals surface area contributed by atoms with E-state index in [1.54, 1.807) is 24.3 Å². The summed E-state index contributed by atoms with van der Waals surface area (Å²) < 4.78 is 26.2. The van der Waals surface area contributed by atoms with E-state index in [9.17, 15) is 13.2 Å². The number of nitrogens with one attached hydrogen (secondary N) is 2. The molecule has 1 fully saturated rings. The first-order valence-corrected chi connectivity index (χ1v) is 10.7. The Labute approximate surface area is 151 Å². The average molecular weight is 368 g/mol. The van der Waals surface area contributed by atoms with Crippen molar-refractivity contribution < 1.29 is 13.2 Å². The molecule has 2 N–H and O–H groups in total. The van der Waals surface area contributed by atoms with Crippen LogP contribution in [0.2, 0.25) is 0 Å². The van der Waals surface area contributed by atoms with Gasteiger partial charge in [-0.15, -0.1) is 0 Å². The molecule has 0 aromatic heterocycles. The Morgan fingerprint density at radius 1 is 1.16 bits per heavy atom. The molecular formula is C18H29N3O3S. The molecule has 1 saturated heterocycles. The Bertz CT molecular complexity index is 653. The van der Waals surface area contributed by atoms with Gasteiger partial charge in [0.25, 0.3) is 5.91 Å². The van der Waals surface area contributed by atoms with Crippen molar-refractivity contribution in [1.82, 2.24) is 10.2 Å². The number of amides is 1. The third-order valence-electron chi connectivity index (χ3n) is 4.35. The van der Waals surface area contributed by atoms with Crippen molar-refractivity contribution in [3.63, 3.8) is 0 Å². The first-order chi connectivity index (χ1) is 12.0. The number of rotatable bonds is 8. The molecule has 0 atom stereocenters. The number of carbonyl (C=O) groups is 1. The van der Waals surface area contributed by atoms with E-state index in [1.165, 1.54) is 0 Å². The monoisotopic (exact) mass is 367 g/mol. The van der Waals surface area contributed by atoms with Crippen molar-refractivity contribution in [3.05, 3.63) is 29.8 Å². The van der Waals surface area contributed by atoms with Crippen LogP contribution in [0.4, 0.5) is 5.69 Å². The van der Waals surface area contributed by atoms with Crippen LogP contribution in [-0.4, -0.2) is 50.7 Å². The van der Waals surface area contributed by atoms with E-state index in [4.69, 9.17) is 0 Å². The van der Waals surface area contributed by atoms with Gasteiger partial charge in [0.05, 0.1) is 5.75 Å². The molecule has 0 unspecified atom stereocenters. The molecule has 6 nitrogen and oxygen atoms in total. The molecule has 25 heavy (non-hydrogen) atoms. The summed E-state index contributed by atoms with van der Waals surface area (Å²) >= 11 is 0. The topological polar surface area (TPSA) is 78.5 Å². The normalized spacial score (nSPS) is 15.8. The molecule has 1 aliphatic heterocycles. The summed E-state index contributed by atoms with van der Waals surface area (Å²) in [5, 5.41) is 3.33. The lowest BCUT2D eigenvalue weighted by Crippen LogP contribution is -2.46. The summed E-state index contributed by atoms with van der Waals surface area (Å²) in [6, 6.07) is 7.00. The van der Waals surface area contributed by atoms with Crippen LogP contribution in [0.15, 0.2) is 24.3 Å². The van der Waals surface area contributed by atoms with Gasteiger partial charge in [-0.2, -0.15) is 0 Å². The Morgan fingerprint density at radius 2 is 1.80 bits per heavy atom. The number of anilines is 1. The number of sulfonamides is 1. The molecule has 1 aromatic carbocycles. The highest BCUT2D eigenvalue weighted by atomic mass is 32.2. The van der Waals surface area contributed by atoms with Gasteiger partial charge in [-0.1, -0.05) is 13.8 Å². The average Bonchev–Trinajstić information content (AvgIpc) is 2.60. The Morgan fingerprint density at radius 3 is 2.36 bits per heavy atom. The summed E-state index contributed by atoms with van der Waals surface area (Å²) in [5.41, 5.74) is 1.10. The van der Waals surface area contributed by atoms with Gasteiger partial charge in [0.15, 0.2) is 0 Å². The van der Waals surface area contributed by atoms with E-state index in [1.807, 2.05) is 11.8 Å². The number of benzene rings is 1. The van der Waals surface area contributed by atoms with Crippen molar-refractivity contribution in [2.24, 2.45) is 0 Å². The fourth-order valence-corrected chi connectivity index (χ4v) is 4.29. The quantitative estimate of drug-likeness (QED) is 0.740. The molecule has 2 rings (SSSR count). The highest BCUT2D eigenvalue weighted by molar-refractivity contribution is 7.92. The molecule has 140 valence electrons. The van der Waals surface area contributed by atoms with Crippen molar-refractivity contribution in [2.75, 3.05) is 30.1 Å². The molecule has 0 saturated carbocycles. The maximum absolute atomic E-state index is 12.9. The van der Waals surface area contributed by atoms with Gasteiger partial charge in [0.2, 0.25) is 10.0 Å². The van der Waals surface area contributed by atoms with Crippen LogP contribution in [0.5, 0.6) is 0 Å². The van der Waals surface area contributed by atoms with Crippen LogP contribution in [-0.2, 0) is 10.0 Å². The van der Waals surface area contributed by atoms with E-state index in [0.717, 1.165) is 38.9 Å². The number of piperidine rings is 1. The predicted octanol–water partition coefficient (Wildman–Crippen LogP) is 2.44. The van der Waals surface area contributed by atoms with Gasteiger partial charge >= 0.3 is 0 Å². The first kappa shape index (κ1) is 19.7. The number of hydrogen-bond acceptors (Lipinski definition) is 4. The lowest BCUT2D eigenvalue weighted by molar-refractivity contribution is 0.0642. The lowest BCUT2D eigenvalue weighted by Gasteiger charge is -2.34. The maximum atomic E-state index is 12.9. The zero-order chi connectivity index (χ0) is 18.3. The van der Waals surface area contributed by atoms with Gasteiger partial charge < -0.3 is 10.2 Å². The second-order valence-electron chi connectivity index (χ2n) is 6.48. The van der Waals surface area contributed by atoms with Gasteiger partial charge in [-0.05, 0) is 63.0 Å². The molecule has 1 aliphatic rings. The largest absolute Gasteiger partial charge is 0.336 e. The number of hydrogen-bond donors (Lipinski definition) is 2. The van der Waals surface area contributed by atoms with Gasteiger partial charge in [0, 0.05) is 23.8 Å². The van der Waals surface area contributed by atoms with E-state index in [0.29, 0.717) is 17.7 Å². The van der Waals surface area contributed by atoms with Crippen molar-refractivity contribution in [2.45, 2.75) is 45.6 Å². The Hall–Kier alpha value is -1.60. The van der Waals surface area contributed by atoms with Crippen LogP contribution in [0.3, 0.4) is 0 Å². The molecule has 0 bridgehead atoms. The Kier molecular flexibility index (Phi) is 7.25. The van der Waals surface area contributed by atoms with Crippen LogP contribution < -0.4 is 10.0 Å². The van der Waals surface area contributed by atoms with E-state index in [-0.39, 0.29) is 17.7 Å². The highest BCUT2D eigenvalue weighted by Gasteiger charge is 2.25. The highest BCUT2D eigenvalue weighted by Crippen LogP contribution is 2.18. The van der Waals surface area contributed by atoms with Crippen molar-refractivity contribution in [3.8, 4) is 0 Å². The van der Waals surface area contributed by atoms with Crippen LogP contribution in [0.25, 0.3) is 0 Å². The van der Waals surface area contributed by atoms with E-state index < -0.39 is 10.0 Å². The molecule has 1 amide bonds. The SMILES string of the molecule is CCCN(C(=O)c1ccc(NS(=O)(=O)CCC)cc1)C1CCNCC1. The van der Waals surface area contributed by atoms with E-state index >= 15 is 0 Å². The first-order valence-electron chi connectivity index (χ1n) is 9.09. The van der Waals surface area contributed by atoms with Crippen LogP contribution in [0, 0.1) is 0 Å². The fourth-order valence-electron chi connectivity index (χ4n) is 3.16. The van der Waals surface area contributed by atoms with Gasteiger partial charge in [-0.3, -0.25) is 9.52 Å². The second kappa shape index (κ2) is 9.20. The molecular weight excluding hydrogens is 338 g/mol. The molecule has 0 aliphatic carbocycles. The third kappa shape index (κ3) is 5.71. The van der Waals surface area contributed by atoms with Gasteiger partial charge in [-0.25, -0.2) is 8.42 Å². The molecule has 1 heterocycles. The Balaban J connectivity index is 2.09. The van der Waals surface area contributed by atoms with Gasteiger partial charge in [0.1, 0.15) is 0 Å². The van der Waals surface area contributed by atoms with Crippen LogP contribution in [0.1, 0.15) is 49.9 Å². The third-order valence-corrected chi connectivity index (χ3v) is 5.85. The molecule has 1 aromatic rings. The minimum Gasteiger partial charge on any atom is -0.336 e.